The van der Waals surface area contributed by atoms with E-state index in [0.29, 0.717) is 6.42 Å². The van der Waals surface area contributed by atoms with Gasteiger partial charge in [0.25, 0.3) is 0 Å². The molecule has 25 heavy (non-hydrogen) atoms. The fourth-order valence-electron chi connectivity index (χ4n) is 3.98. The average Bonchev–Trinajstić information content (AvgIpc) is 3.12. The molecule has 3 rings (SSSR count). The van der Waals surface area contributed by atoms with E-state index in [1.807, 2.05) is 45.0 Å². The van der Waals surface area contributed by atoms with Gasteiger partial charge in [-0.15, -0.1) is 0 Å². The Bertz CT molecular complexity index is 690. The lowest BCUT2D eigenvalue weighted by molar-refractivity contribution is -0.136. The molecule has 2 heterocycles. The minimum absolute atomic E-state index is 0.0214. The third kappa shape index (κ3) is 2.73. The van der Waals surface area contributed by atoms with Crippen molar-refractivity contribution in [3.8, 4) is 0 Å². The summed E-state index contributed by atoms with van der Waals surface area (Å²) in [4.78, 5) is 27.3. The van der Waals surface area contributed by atoms with E-state index in [1.54, 1.807) is 4.90 Å². The minimum atomic E-state index is -0.791. The number of likely N-dealkylation sites (tertiary alicyclic amines) is 1. The molecule has 1 aromatic carbocycles. The molecular formula is C19H27N3O3. The van der Waals surface area contributed by atoms with Gasteiger partial charge in [-0.1, -0.05) is 39.0 Å². The van der Waals surface area contributed by atoms with Gasteiger partial charge in [0.15, 0.2) is 0 Å². The molecule has 4 atom stereocenters. The van der Waals surface area contributed by atoms with E-state index >= 15 is 0 Å². The molecule has 1 fully saturated rings. The highest BCUT2D eigenvalue weighted by Crippen LogP contribution is 2.46. The first-order valence-corrected chi connectivity index (χ1v) is 8.89. The molecule has 6 nitrogen and oxygen atoms in total. The number of benzene rings is 1. The van der Waals surface area contributed by atoms with Gasteiger partial charge in [0, 0.05) is 12.2 Å². The van der Waals surface area contributed by atoms with Crippen LogP contribution in [0.25, 0.3) is 0 Å². The molecule has 0 aliphatic carbocycles. The normalized spacial score (nSPS) is 27.5. The van der Waals surface area contributed by atoms with E-state index in [9.17, 15) is 14.7 Å². The maximum atomic E-state index is 13.0. The number of hydrogen-bond acceptors (Lipinski definition) is 4. The molecular weight excluding hydrogens is 318 g/mol. The number of carbonyl (C=O) groups excluding carboxylic acids is 2. The van der Waals surface area contributed by atoms with Crippen LogP contribution in [-0.2, 0) is 15.0 Å². The van der Waals surface area contributed by atoms with Crippen LogP contribution in [0.15, 0.2) is 24.3 Å². The van der Waals surface area contributed by atoms with E-state index in [1.165, 1.54) is 0 Å². The lowest BCUT2D eigenvalue weighted by atomic mass is 9.79. The zero-order valence-corrected chi connectivity index (χ0v) is 15.0. The van der Waals surface area contributed by atoms with Crippen LogP contribution in [0.5, 0.6) is 0 Å². The third-order valence-corrected chi connectivity index (χ3v) is 5.99. The van der Waals surface area contributed by atoms with Crippen molar-refractivity contribution in [3.63, 3.8) is 0 Å². The fraction of sp³-hybridized carbons (Fsp3) is 0.579. The summed E-state index contributed by atoms with van der Waals surface area (Å²) in [6, 6.07) is 6.53. The Morgan fingerprint density at radius 2 is 2.08 bits per heavy atom. The molecule has 0 unspecified atom stereocenters. The first kappa shape index (κ1) is 17.9. The smallest absolute Gasteiger partial charge is 0.240 e. The van der Waals surface area contributed by atoms with Crippen molar-refractivity contribution in [1.82, 2.24) is 4.90 Å². The minimum Gasteiger partial charge on any atom is -0.394 e. The van der Waals surface area contributed by atoms with Crippen LogP contribution < -0.4 is 11.1 Å². The van der Waals surface area contributed by atoms with Crippen molar-refractivity contribution in [3.05, 3.63) is 29.8 Å². The molecule has 136 valence electrons. The van der Waals surface area contributed by atoms with Gasteiger partial charge in [0.2, 0.25) is 11.8 Å². The number of rotatable bonds is 4. The summed E-state index contributed by atoms with van der Waals surface area (Å²) >= 11 is 0. The van der Waals surface area contributed by atoms with Crippen LogP contribution >= 0.6 is 0 Å². The average molecular weight is 345 g/mol. The van der Waals surface area contributed by atoms with Crippen LogP contribution in [-0.4, -0.2) is 47.1 Å². The number of nitrogens with zero attached hydrogens (tertiary/aromatic N) is 1. The molecule has 1 spiro atoms. The van der Waals surface area contributed by atoms with Crippen LogP contribution in [0.4, 0.5) is 5.69 Å². The molecule has 6 heteroatoms. The maximum absolute atomic E-state index is 13.0. The number of hydrogen-bond donors (Lipinski definition) is 3. The summed E-state index contributed by atoms with van der Waals surface area (Å²) in [7, 11) is 0. The topological polar surface area (TPSA) is 95.7 Å². The summed E-state index contributed by atoms with van der Waals surface area (Å²) in [6.45, 7) is 6.12. The van der Waals surface area contributed by atoms with E-state index in [-0.39, 0.29) is 36.8 Å². The van der Waals surface area contributed by atoms with E-state index in [4.69, 9.17) is 5.73 Å². The van der Waals surface area contributed by atoms with Crippen molar-refractivity contribution in [2.24, 2.45) is 17.6 Å². The van der Waals surface area contributed by atoms with Crippen molar-refractivity contribution >= 4 is 17.5 Å². The number of para-hydroxylation sites is 1. The number of aliphatic hydroxyl groups excluding tert-OH is 1. The van der Waals surface area contributed by atoms with Crippen LogP contribution in [0, 0.1) is 11.8 Å². The van der Waals surface area contributed by atoms with Crippen molar-refractivity contribution < 1.29 is 14.7 Å². The molecule has 0 bridgehead atoms. The summed E-state index contributed by atoms with van der Waals surface area (Å²) in [5.41, 5.74) is 7.10. The Labute approximate surface area is 148 Å². The Hall–Kier alpha value is -1.92. The number of nitrogens with two attached hydrogens (primary N) is 1. The molecule has 2 amide bonds. The Kier molecular flexibility index (Phi) is 4.60. The Balaban J connectivity index is 1.91. The second-order valence-electron chi connectivity index (χ2n) is 7.72. The highest BCUT2D eigenvalue weighted by Gasteiger charge is 2.56. The summed E-state index contributed by atoms with van der Waals surface area (Å²) in [6.07, 6.45) is 0.418. The summed E-state index contributed by atoms with van der Waals surface area (Å²) < 4.78 is 0. The predicted octanol–water partition coefficient (Wildman–Crippen LogP) is 1.09. The van der Waals surface area contributed by atoms with Crippen LogP contribution in [0.2, 0.25) is 0 Å². The summed E-state index contributed by atoms with van der Waals surface area (Å²) in [5.74, 6) is 0.00825. The number of fused-ring (bicyclic) bond motifs is 2. The highest BCUT2D eigenvalue weighted by molar-refractivity contribution is 6.07. The van der Waals surface area contributed by atoms with Crippen molar-refractivity contribution in [2.45, 2.75) is 44.7 Å². The van der Waals surface area contributed by atoms with Crippen molar-refractivity contribution in [2.75, 3.05) is 18.5 Å². The van der Waals surface area contributed by atoms with Gasteiger partial charge >= 0.3 is 0 Å². The largest absolute Gasteiger partial charge is 0.394 e. The van der Waals surface area contributed by atoms with E-state index < -0.39 is 17.5 Å². The molecule has 0 aromatic heterocycles. The third-order valence-electron chi connectivity index (χ3n) is 5.99. The standard InChI is InChI=1S/C19H27N3O3/c1-11(2)12(3)16(20)17(24)22-10-19(8-13(22)9-23)14-6-4-5-7-15(14)21-18(19)25/h4-7,11-13,16,23H,8-10,20H2,1-3H3,(H,21,25)/t12-,13+,16+,19+/m1/s1. The molecule has 1 saturated heterocycles. The molecule has 1 aromatic rings. The van der Waals surface area contributed by atoms with Crippen LogP contribution in [0.1, 0.15) is 32.8 Å². The van der Waals surface area contributed by atoms with Gasteiger partial charge in [-0.05, 0) is 29.9 Å². The monoisotopic (exact) mass is 345 g/mol. The lowest BCUT2D eigenvalue weighted by Gasteiger charge is -2.30. The van der Waals surface area contributed by atoms with E-state index in [2.05, 4.69) is 5.32 Å². The number of carbonyl (C=O) groups is 2. The van der Waals surface area contributed by atoms with Crippen molar-refractivity contribution in [1.29, 1.82) is 0 Å². The molecule has 4 N–H and O–H groups in total. The summed E-state index contributed by atoms with van der Waals surface area (Å²) in [5, 5.41) is 12.7. The van der Waals surface area contributed by atoms with Gasteiger partial charge < -0.3 is 21.1 Å². The van der Waals surface area contributed by atoms with Gasteiger partial charge in [0.05, 0.1) is 24.1 Å². The molecule has 0 radical (unpaired) electrons. The van der Waals surface area contributed by atoms with E-state index in [0.717, 1.165) is 11.3 Å². The fourth-order valence-corrected chi connectivity index (χ4v) is 3.98. The van der Waals surface area contributed by atoms with Gasteiger partial charge in [-0.2, -0.15) is 0 Å². The zero-order chi connectivity index (χ0) is 18.4. The van der Waals surface area contributed by atoms with Gasteiger partial charge in [-0.25, -0.2) is 0 Å². The number of amides is 2. The molecule has 2 aliphatic heterocycles. The first-order valence-electron chi connectivity index (χ1n) is 8.89. The second-order valence-corrected chi connectivity index (χ2v) is 7.72. The van der Waals surface area contributed by atoms with Gasteiger partial charge in [-0.3, -0.25) is 9.59 Å². The predicted molar refractivity (Wildman–Crippen MR) is 95.9 cm³/mol. The highest BCUT2D eigenvalue weighted by atomic mass is 16.3. The number of anilines is 1. The number of nitrogens with one attached hydrogen (secondary N) is 1. The van der Waals surface area contributed by atoms with Gasteiger partial charge in [0.1, 0.15) is 0 Å². The first-order chi connectivity index (χ1) is 11.8. The second kappa shape index (κ2) is 6.42. The quantitative estimate of drug-likeness (QED) is 0.761. The Morgan fingerprint density at radius 1 is 1.40 bits per heavy atom. The lowest BCUT2D eigenvalue weighted by Crippen LogP contribution is -2.51. The maximum Gasteiger partial charge on any atom is 0.240 e. The molecule has 2 aliphatic rings. The molecule has 0 saturated carbocycles. The SMILES string of the molecule is CC(C)[C@@H](C)[C@H](N)C(=O)N1C[C@]2(C[C@H]1CO)C(=O)Nc1ccccc12. The Morgan fingerprint density at radius 3 is 2.72 bits per heavy atom. The van der Waals surface area contributed by atoms with Crippen LogP contribution in [0.3, 0.4) is 0 Å². The zero-order valence-electron chi connectivity index (χ0n) is 15.0. The number of aliphatic hydroxyl groups is 1.